The predicted molar refractivity (Wildman–Crippen MR) is 83.0 cm³/mol. The van der Waals surface area contributed by atoms with Gasteiger partial charge in [0.15, 0.2) is 10.4 Å². The van der Waals surface area contributed by atoms with E-state index >= 15 is 0 Å². The van der Waals surface area contributed by atoms with Crippen LogP contribution in [0.25, 0.3) is 16.9 Å². The van der Waals surface area contributed by atoms with Crippen molar-refractivity contribution in [3.8, 4) is 17.6 Å². The van der Waals surface area contributed by atoms with Gasteiger partial charge in [0.2, 0.25) is 5.88 Å². The van der Waals surface area contributed by atoms with Gasteiger partial charge in [-0.1, -0.05) is 15.9 Å². The van der Waals surface area contributed by atoms with Gasteiger partial charge in [-0.15, -0.1) is 0 Å². The highest BCUT2D eigenvalue weighted by molar-refractivity contribution is 9.10. The minimum absolute atomic E-state index is 0.401. The van der Waals surface area contributed by atoms with Gasteiger partial charge in [-0.3, -0.25) is 4.57 Å². The Bertz CT molecular complexity index is 940. The Balaban J connectivity index is 2.42. The van der Waals surface area contributed by atoms with E-state index in [-0.39, 0.29) is 0 Å². The number of ether oxygens (including phenoxy) is 1. The van der Waals surface area contributed by atoms with E-state index in [1.165, 1.54) is 13.4 Å². The molecule has 1 N–H and O–H groups in total. The van der Waals surface area contributed by atoms with Crippen LogP contribution in [0.2, 0.25) is 0 Å². The fraction of sp³-hybridized carbons (Fsp3) is 0.0769. The molecule has 0 radical (unpaired) electrons. The molecule has 3 rings (SSSR count). The van der Waals surface area contributed by atoms with Crippen molar-refractivity contribution in [3.05, 3.63) is 39.3 Å². The third-order valence-corrected chi connectivity index (χ3v) is 3.73. The monoisotopic (exact) mass is 361 g/mol. The second kappa shape index (κ2) is 5.27. The van der Waals surface area contributed by atoms with Crippen LogP contribution in [0.4, 0.5) is 0 Å². The first-order chi connectivity index (χ1) is 10.2. The number of nitrogens with one attached hydrogen (secondary N) is 1. The van der Waals surface area contributed by atoms with Crippen molar-refractivity contribution in [2.24, 2.45) is 0 Å². The molecule has 0 aliphatic carbocycles. The van der Waals surface area contributed by atoms with E-state index in [4.69, 9.17) is 17.0 Å². The Labute approximate surface area is 133 Å². The van der Waals surface area contributed by atoms with Gasteiger partial charge < -0.3 is 9.72 Å². The highest BCUT2D eigenvalue weighted by atomic mass is 79.9. The minimum atomic E-state index is 0.401. The molecule has 3 aromatic rings. The average Bonchev–Trinajstić information content (AvgIpc) is 2.82. The second-order valence-corrected chi connectivity index (χ2v) is 5.42. The quantitative estimate of drug-likeness (QED) is 0.709. The maximum Gasteiger partial charge on any atom is 0.242 e. The zero-order chi connectivity index (χ0) is 15.0. The lowest BCUT2D eigenvalue weighted by Crippen LogP contribution is -1.99. The number of hydrogen-bond acceptors (Lipinski definition) is 5. The fourth-order valence-electron chi connectivity index (χ4n) is 2.06. The number of nitrogens with zero attached hydrogens (tertiary/aromatic N) is 4. The van der Waals surface area contributed by atoms with Crippen LogP contribution >= 0.6 is 28.1 Å². The Morgan fingerprint density at radius 3 is 2.95 bits per heavy atom. The third-order valence-electron chi connectivity index (χ3n) is 2.95. The topological polar surface area (TPSA) is 79.5 Å². The number of imidazole rings is 1. The maximum absolute atomic E-state index is 9.29. The van der Waals surface area contributed by atoms with Crippen LogP contribution in [0.1, 0.15) is 5.56 Å². The van der Waals surface area contributed by atoms with E-state index in [0.29, 0.717) is 33.1 Å². The van der Waals surface area contributed by atoms with E-state index < -0.39 is 0 Å². The fourth-order valence-corrected chi connectivity index (χ4v) is 2.70. The van der Waals surface area contributed by atoms with Crippen molar-refractivity contribution in [1.82, 2.24) is 19.5 Å². The largest absolute Gasteiger partial charge is 0.479 e. The average molecular weight is 362 g/mol. The van der Waals surface area contributed by atoms with Gasteiger partial charge in [-0.2, -0.15) is 10.2 Å². The maximum atomic E-state index is 9.29. The van der Waals surface area contributed by atoms with Crippen molar-refractivity contribution in [2.45, 2.75) is 0 Å². The standard InChI is InChI=1S/C13H8BrN5OS/c1-20-12-10-11(16-6-17-12)19(13(21)18-10)9-4-8(14)3-2-7(9)5-15/h2-4,6H,1H3,(H,18,21). The number of nitriles is 1. The molecule has 104 valence electrons. The molecule has 0 bridgehead atoms. The Morgan fingerprint density at radius 1 is 1.43 bits per heavy atom. The Morgan fingerprint density at radius 2 is 2.24 bits per heavy atom. The van der Waals surface area contributed by atoms with Crippen molar-refractivity contribution in [2.75, 3.05) is 7.11 Å². The summed E-state index contributed by atoms with van der Waals surface area (Å²) in [6.45, 7) is 0. The van der Waals surface area contributed by atoms with Crippen molar-refractivity contribution >= 4 is 39.3 Å². The van der Waals surface area contributed by atoms with E-state index in [1.807, 2.05) is 6.07 Å². The van der Waals surface area contributed by atoms with E-state index in [0.717, 1.165) is 4.47 Å². The number of fused-ring (bicyclic) bond motifs is 1. The van der Waals surface area contributed by atoms with Gasteiger partial charge in [0, 0.05) is 4.47 Å². The molecule has 0 unspecified atom stereocenters. The molecule has 1 aromatic carbocycles. The summed E-state index contributed by atoms with van der Waals surface area (Å²) in [5, 5.41) is 9.29. The molecule has 0 aliphatic rings. The molecule has 6 nitrogen and oxygen atoms in total. The Hall–Kier alpha value is -2.24. The lowest BCUT2D eigenvalue weighted by atomic mass is 10.2. The van der Waals surface area contributed by atoms with Crippen LogP contribution in [-0.4, -0.2) is 26.6 Å². The van der Waals surface area contributed by atoms with Crippen LogP contribution in [0.3, 0.4) is 0 Å². The molecule has 21 heavy (non-hydrogen) atoms. The molecule has 0 aliphatic heterocycles. The smallest absolute Gasteiger partial charge is 0.242 e. The van der Waals surface area contributed by atoms with E-state index in [1.54, 1.807) is 16.7 Å². The normalized spacial score (nSPS) is 10.5. The first kappa shape index (κ1) is 13.7. The van der Waals surface area contributed by atoms with Gasteiger partial charge in [0.1, 0.15) is 17.9 Å². The Kier molecular flexibility index (Phi) is 3.45. The van der Waals surface area contributed by atoms with Crippen molar-refractivity contribution in [1.29, 1.82) is 5.26 Å². The molecule has 0 spiro atoms. The molecule has 0 amide bonds. The number of hydrogen-bond donors (Lipinski definition) is 1. The number of methoxy groups -OCH3 is 1. The van der Waals surface area contributed by atoms with Crippen LogP contribution < -0.4 is 4.74 Å². The summed E-state index contributed by atoms with van der Waals surface area (Å²) in [7, 11) is 1.52. The van der Waals surface area contributed by atoms with Crippen LogP contribution in [0, 0.1) is 16.1 Å². The predicted octanol–water partition coefficient (Wildman–Crippen LogP) is 3.12. The summed E-state index contributed by atoms with van der Waals surface area (Å²) >= 11 is 8.76. The minimum Gasteiger partial charge on any atom is -0.479 e. The number of halogens is 1. The lowest BCUT2D eigenvalue weighted by molar-refractivity contribution is 0.401. The van der Waals surface area contributed by atoms with Gasteiger partial charge in [0.05, 0.1) is 18.4 Å². The van der Waals surface area contributed by atoms with Gasteiger partial charge in [-0.25, -0.2) is 4.98 Å². The molecule has 0 saturated heterocycles. The summed E-state index contributed by atoms with van der Waals surface area (Å²) in [6, 6.07) is 7.49. The first-order valence-electron chi connectivity index (χ1n) is 5.85. The van der Waals surface area contributed by atoms with Gasteiger partial charge in [-0.05, 0) is 30.4 Å². The van der Waals surface area contributed by atoms with Gasteiger partial charge in [0.25, 0.3) is 0 Å². The zero-order valence-electron chi connectivity index (χ0n) is 10.8. The number of aromatic nitrogens is 4. The van der Waals surface area contributed by atoms with E-state index in [9.17, 15) is 5.26 Å². The summed E-state index contributed by atoms with van der Waals surface area (Å²) in [5.74, 6) is 0.401. The SMILES string of the molecule is COc1ncnc2c1[nH]c(=S)n2-c1cc(Br)ccc1C#N. The number of aromatic amines is 1. The number of benzene rings is 1. The number of rotatable bonds is 2. The summed E-state index contributed by atoms with van der Waals surface area (Å²) < 4.78 is 8.14. The van der Waals surface area contributed by atoms with Crippen molar-refractivity contribution in [3.63, 3.8) is 0 Å². The molecule has 0 fully saturated rings. The van der Waals surface area contributed by atoms with E-state index in [2.05, 4.69) is 37.0 Å². The lowest BCUT2D eigenvalue weighted by Gasteiger charge is -2.07. The summed E-state index contributed by atoms with van der Waals surface area (Å²) in [4.78, 5) is 11.3. The summed E-state index contributed by atoms with van der Waals surface area (Å²) in [6.07, 6.45) is 1.39. The molecule has 0 atom stereocenters. The van der Waals surface area contributed by atoms with Crippen molar-refractivity contribution < 1.29 is 4.74 Å². The van der Waals surface area contributed by atoms with Crippen LogP contribution in [-0.2, 0) is 0 Å². The van der Waals surface area contributed by atoms with Gasteiger partial charge >= 0.3 is 0 Å². The molecule has 8 heteroatoms. The first-order valence-corrected chi connectivity index (χ1v) is 7.05. The highest BCUT2D eigenvalue weighted by Gasteiger charge is 2.15. The van der Waals surface area contributed by atoms with Crippen LogP contribution in [0.15, 0.2) is 29.0 Å². The molecule has 0 saturated carbocycles. The second-order valence-electron chi connectivity index (χ2n) is 4.12. The molecule has 2 heterocycles. The molecular formula is C13H8BrN5OS. The summed E-state index contributed by atoms with van der Waals surface area (Å²) in [5.41, 5.74) is 2.28. The molecular weight excluding hydrogens is 354 g/mol. The number of H-pyrrole nitrogens is 1. The third kappa shape index (κ3) is 2.20. The zero-order valence-corrected chi connectivity index (χ0v) is 13.2. The highest BCUT2D eigenvalue weighted by Crippen LogP contribution is 2.26. The van der Waals surface area contributed by atoms with Crippen LogP contribution in [0.5, 0.6) is 5.88 Å². The molecule has 2 aromatic heterocycles.